The minimum Gasteiger partial charge on any atom is -0.341 e. The third-order valence-corrected chi connectivity index (χ3v) is 4.43. The van der Waals surface area contributed by atoms with Crippen molar-refractivity contribution < 1.29 is 9.59 Å². The summed E-state index contributed by atoms with van der Waals surface area (Å²) in [4.78, 5) is 32.1. The zero-order valence-electron chi connectivity index (χ0n) is 11.2. The van der Waals surface area contributed by atoms with E-state index in [1.165, 1.54) is 25.0 Å². The lowest BCUT2D eigenvalue weighted by molar-refractivity contribution is -0.119. The van der Waals surface area contributed by atoms with Gasteiger partial charge < -0.3 is 5.32 Å². The molecule has 0 aliphatic heterocycles. The molecule has 1 atom stereocenters. The number of nitrogens with zero attached hydrogens (tertiary/aromatic N) is 2. The van der Waals surface area contributed by atoms with Gasteiger partial charge in [-0.3, -0.25) is 14.6 Å². The van der Waals surface area contributed by atoms with Gasteiger partial charge in [-0.2, -0.15) is 0 Å². The van der Waals surface area contributed by atoms with Crippen LogP contribution in [0, 0.1) is 5.92 Å². The number of halogens is 1. The van der Waals surface area contributed by atoms with Gasteiger partial charge in [-0.05, 0) is 18.8 Å². The Bertz CT molecular complexity index is 461. The van der Waals surface area contributed by atoms with E-state index < -0.39 is 0 Å². The van der Waals surface area contributed by atoms with E-state index in [9.17, 15) is 9.59 Å². The van der Waals surface area contributed by atoms with E-state index in [-0.39, 0.29) is 29.3 Å². The van der Waals surface area contributed by atoms with Crippen LogP contribution < -0.4 is 5.32 Å². The maximum absolute atomic E-state index is 12.1. The monoisotopic (exact) mass is 387 g/mol. The number of hydrogen-bond acceptors (Lipinski definition) is 4. The summed E-state index contributed by atoms with van der Waals surface area (Å²) in [5.74, 6) is 0.0354. The molecule has 0 saturated heterocycles. The Hall–Kier alpha value is -1.05. The summed E-state index contributed by atoms with van der Waals surface area (Å²) in [5, 5.41) is 2.86. The van der Waals surface area contributed by atoms with Gasteiger partial charge in [-0.25, -0.2) is 4.98 Å². The number of Topliss-reactive ketones (excluding diaryl/α,β-unsaturated/α-hetero) is 1. The summed E-state index contributed by atoms with van der Waals surface area (Å²) in [6, 6.07) is -0.387. The number of hydrogen-bond donors (Lipinski definition) is 1. The topological polar surface area (TPSA) is 72.0 Å². The van der Waals surface area contributed by atoms with Crippen molar-refractivity contribution in [3.05, 3.63) is 24.3 Å². The van der Waals surface area contributed by atoms with Crippen molar-refractivity contribution in [3.8, 4) is 0 Å². The fourth-order valence-corrected chi connectivity index (χ4v) is 3.12. The Morgan fingerprint density at radius 3 is 2.65 bits per heavy atom. The highest BCUT2D eigenvalue weighted by molar-refractivity contribution is 14.1. The standard InChI is InChI=1S/C14H18IN3O2/c15-8-12(19)13(10-4-2-1-3-5-10)18-14(20)11-9-16-6-7-17-11/h6-7,9-10,13H,1-5,8H2,(H,18,20)/t13-/m0/s1. The first kappa shape index (κ1) is 15.3. The molecule has 0 aromatic carbocycles. The lowest BCUT2D eigenvalue weighted by Gasteiger charge is -2.29. The van der Waals surface area contributed by atoms with Crippen molar-refractivity contribution in [1.29, 1.82) is 0 Å². The second-order valence-corrected chi connectivity index (χ2v) is 5.80. The molecule has 20 heavy (non-hydrogen) atoms. The highest BCUT2D eigenvalue weighted by atomic mass is 127. The van der Waals surface area contributed by atoms with Crippen molar-refractivity contribution in [1.82, 2.24) is 15.3 Å². The molecular weight excluding hydrogens is 369 g/mol. The van der Waals surface area contributed by atoms with Crippen LogP contribution in [0.15, 0.2) is 18.6 Å². The first-order valence-electron chi connectivity index (χ1n) is 6.88. The third-order valence-electron chi connectivity index (χ3n) is 3.68. The maximum Gasteiger partial charge on any atom is 0.272 e. The zero-order valence-corrected chi connectivity index (χ0v) is 13.4. The molecule has 1 aliphatic rings. The Labute approximate surface area is 132 Å². The lowest BCUT2D eigenvalue weighted by Crippen LogP contribution is -2.47. The van der Waals surface area contributed by atoms with Gasteiger partial charge in [0.15, 0.2) is 5.78 Å². The van der Waals surface area contributed by atoms with Crippen LogP contribution in [0.1, 0.15) is 42.6 Å². The highest BCUT2D eigenvalue weighted by Crippen LogP contribution is 2.27. The van der Waals surface area contributed by atoms with E-state index in [1.807, 2.05) is 0 Å². The van der Waals surface area contributed by atoms with Crippen LogP contribution in [0.4, 0.5) is 0 Å². The molecule has 5 nitrogen and oxygen atoms in total. The lowest BCUT2D eigenvalue weighted by atomic mass is 9.82. The Morgan fingerprint density at radius 2 is 2.05 bits per heavy atom. The fraction of sp³-hybridized carbons (Fsp3) is 0.571. The molecule has 1 aromatic rings. The van der Waals surface area contributed by atoms with E-state index in [1.54, 1.807) is 0 Å². The molecule has 0 radical (unpaired) electrons. The second kappa shape index (κ2) is 7.66. The quantitative estimate of drug-likeness (QED) is 0.621. The van der Waals surface area contributed by atoms with E-state index in [2.05, 4.69) is 37.9 Å². The highest BCUT2D eigenvalue weighted by Gasteiger charge is 2.30. The number of carbonyl (C=O) groups is 2. The molecule has 1 saturated carbocycles. The summed E-state index contributed by atoms with van der Waals surface area (Å²) in [6.45, 7) is 0. The van der Waals surface area contributed by atoms with Crippen LogP contribution in [0.25, 0.3) is 0 Å². The molecule has 1 N–H and O–H groups in total. The van der Waals surface area contributed by atoms with Crippen LogP contribution in [0.2, 0.25) is 0 Å². The third kappa shape index (κ3) is 3.97. The normalized spacial score (nSPS) is 17.4. The number of amides is 1. The second-order valence-electron chi connectivity index (χ2n) is 5.04. The van der Waals surface area contributed by atoms with Gasteiger partial charge in [0, 0.05) is 12.4 Å². The summed E-state index contributed by atoms with van der Waals surface area (Å²) >= 11 is 2.06. The molecular formula is C14H18IN3O2. The summed E-state index contributed by atoms with van der Waals surface area (Å²) in [7, 11) is 0. The molecule has 0 unspecified atom stereocenters. The first-order chi connectivity index (χ1) is 9.72. The molecule has 1 fully saturated rings. The minimum absolute atomic E-state index is 0.0924. The Morgan fingerprint density at radius 1 is 1.30 bits per heavy atom. The number of ketones is 1. The van der Waals surface area contributed by atoms with Crippen molar-refractivity contribution >= 4 is 34.3 Å². The largest absolute Gasteiger partial charge is 0.341 e. The van der Waals surface area contributed by atoms with Crippen LogP contribution in [0.3, 0.4) is 0 Å². The summed E-state index contributed by atoms with van der Waals surface area (Å²) < 4.78 is 0.416. The fourth-order valence-electron chi connectivity index (χ4n) is 2.64. The van der Waals surface area contributed by atoms with Crippen LogP contribution in [-0.4, -0.2) is 32.1 Å². The van der Waals surface area contributed by atoms with E-state index in [0.29, 0.717) is 4.43 Å². The summed E-state index contributed by atoms with van der Waals surface area (Å²) in [5.41, 5.74) is 0.259. The molecule has 1 heterocycles. The van der Waals surface area contributed by atoms with Gasteiger partial charge in [0.2, 0.25) is 0 Å². The average Bonchev–Trinajstić information content (AvgIpc) is 2.53. The molecule has 2 rings (SSSR count). The van der Waals surface area contributed by atoms with Crippen molar-refractivity contribution in [2.75, 3.05) is 4.43 Å². The van der Waals surface area contributed by atoms with Gasteiger partial charge >= 0.3 is 0 Å². The number of rotatable bonds is 5. The number of carbonyl (C=O) groups excluding carboxylic acids is 2. The predicted octanol–water partition coefficient (Wildman–Crippen LogP) is 2.16. The summed E-state index contributed by atoms with van der Waals surface area (Å²) in [6.07, 6.45) is 9.92. The smallest absolute Gasteiger partial charge is 0.272 e. The molecule has 1 aromatic heterocycles. The van der Waals surface area contributed by atoms with Gasteiger partial charge in [0.25, 0.3) is 5.91 Å². The number of nitrogens with one attached hydrogen (secondary N) is 1. The zero-order chi connectivity index (χ0) is 14.4. The Balaban J connectivity index is 2.07. The van der Waals surface area contributed by atoms with E-state index in [0.717, 1.165) is 25.7 Å². The molecule has 6 heteroatoms. The van der Waals surface area contributed by atoms with Crippen LogP contribution in [0.5, 0.6) is 0 Å². The molecule has 1 aliphatic carbocycles. The van der Waals surface area contributed by atoms with Gasteiger partial charge in [-0.15, -0.1) is 0 Å². The van der Waals surface area contributed by atoms with Crippen molar-refractivity contribution in [2.45, 2.75) is 38.1 Å². The minimum atomic E-state index is -0.387. The Kier molecular flexibility index (Phi) is 5.87. The molecule has 108 valence electrons. The van der Waals surface area contributed by atoms with Gasteiger partial charge in [-0.1, -0.05) is 41.9 Å². The van der Waals surface area contributed by atoms with Crippen molar-refractivity contribution in [3.63, 3.8) is 0 Å². The van der Waals surface area contributed by atoms with Gasteiger partial charge in [0.05, 0.1) is 16.7 Å². The molecule has 1 amide bonds. The SMILES string of the molecule is O=C(N[C@H](C(=O)CI)C1CCCCC1)c1cnccn1. The number of aromatic nitrogens is 2. The van der Waals surface area contributed by atoms with Crippen LogP contribution >= 0.6 is 22.6 Å². The number of alkyl halides is 1. The predicted molar refractivity (Wildman–Crippen MR) is 83.8 cm³/mol. The van der Waals surface area contributed by atoms with Crippen LogP contribution in [-0.2, 0) is 4.79 Å². The average molecular weight is 387 g/mol. The van der Waals surface area contributed by atoms with Crippen molar-refractivity contribution in [2.24, 2.45) is 5.92 Å². The molecule has 0 bridgehead atoms. The van der Waals surface area contributed by atoms with E-state index in [4.69, 9.17) is 0 Å². The first-order valence-corrected chi connectivity index (χ1v) is 8.40. The molecule has 0 spiro atoms. The van der Waals surface area contributed by atoms with E-state index >= 15 is 0 Å². The van der Waals surface area contributed by atoms with Gasteiger partial charge in [0.1, 0.15) is 5.69 Å². The maximum atomic E-state index is 12.1.